The van der Waals surface area contributed by atoms with Gasteiger partial charge in [-0.05, 0) is 36.6 Å². The molecule has 1 aromatic heterocycles. The minimum Gasteiger partial charge on any atom is -0.339 e. The van der Waals surface area contributed by atoms with E-state index in [1.165, 1.54) is 6.07 Å². The summed E-state index contributed by atoms with van der Waals surface area (Å²) in [4.78, 5) is 38.1. The molecule has 0 radical (unpaired) electrons. The van der Waals surface area contributed by atoms with Gasteiger partial charge in [-0.3, -0.25) is 14.4 Å². The van der Waals surface area contributed by atoms with Crippen molar-refractivity contribution in [3.63, 3.8) is 0 Å². The van der Waals surface area contributed by atoms with E-state index in [0.717, 1.165) is 12.1 Å². The molecule has 1 aliphatic carbocycles. The molecule has 0 unspecified atom stereocenters. The average Bonchev–Trinajstić information content (AvgIpc) is 3.71. The normalized spacial score (nSPS) is 26.4. The number of nitrogens with one attached hydrogen (secondary N) is 1. The van der Waals surface area contributed by atoms with Crippen LogP contribution in [-0.4, -0.2) is 57.8 Å². The summed E-state index contributed by atoms with van der Waals surface area (Å²) >= 11 is 0. The standard InChI is InChI=1S/C24H23FN4O3/c25-20-8-5-15(14-21-17-3-1-2-4-18(17)22(30)27-26-21)13-19(20)24(32)29-11-9-28(10-12-29)23(31)16-6-7-16/h1-5,8,13,16H,6-7,9-12,14H2,(H,27,30)/i9D2,10D2,11D2,12D2. The maximum Gasteiger partial charge on any atom is 0.272 e. The molecule has 1 aliphatic heterocycles. The van der Waals surface area contributed by atoms with Crippen LogP contribution in [0.4, 0.5) is 4.39 Å². The lowest BCUT2D eigenvalue weighted by atomic mass is 10.0. The topological polar surface area (TPSA) is 86.4 Å². The number of hydrogen-bond donors (Lipinski definition) is 1. The van der Waals surface area contributed by atoms with E-state index >= 15 is 4.39 Å². The minimum atomic E-state index is -3.61. The van der Waals surface area contributed by atoms with Crippen LogP contribution in [0.15, 0.2) is 47.3 Å². The largest absolute Gasteiger partial charge is 0.339 e. The van der Waals surface area contributed by atoms with E-state index in [4.69, 9.17) is 11.0 Å². The quantitative estimate of drug-likeness (QED) is 0.672. The highest BCUT2D eigenvalue weighted by Gasteiger charge is 2.35. The van der Waals surface area contributed by atoms with Crippen LogP contribution in [0.5, 0.6) is 0 Å². The Balaban J connectivity index is 1.57. The third-order valence-corrected chi connectivity index (χ3v) is 5.31. The van der Waals surface area contributed by atoms with E-state index in [1.54, 1.807) is 24.3 Å². The molecule has 2 aromatic carbocycles. The number of amides is 2. The lowest BCUT2D eigenvalue weighted by Crippen LogP contribution is -2.51. The molecule has 1 saturated carbocycles. The van der Waals surface area contributed by atoms with Gasteiger partial charge in [0.1, 0.15) is 5.82 Å². The summed E-state index contributed by atoms with van der Waals surface area (Å²) < 4.78 is 82.2. The molecule has 5 rings (SSSR count). The number of aromatic amines is 1. The van der Waals surface area contributed by atoms with E-state index in [0.29, 0.717) is 29.3 Å². The first kappa shape index (κ1) is 13.1. The fourth-order valence-electron chi connectivity index (χ4n) is 3.45. The van der Waals surface area contributed by atoms with Gasteiger partial charge in [-0.2, -0.15) is 5.10 Å². The zero-order chi connectivity index (χ0) is 29.4. The lowest BCUT2D eigenvalue weighted by molar-refractivity contribution is -0.134. The second-order valence-corrected chi connectivity index (χ2v) is 7.57. The molecule has 32 heavy (non-hydrogen) atoms. The summed E-state index contributed by atoms with van der Waals surface area (Å²) in [6.07, 6.45) is 0.601. The molecule has 0 atom stereocenters. The molecule has 8 heteroatoms. The van der Waals surface area contributed by atoms with Crippen molar-refractivity contribution in [2.75, 3.05) is 26.0 Å². The van der Waals surface area contributed by atoms with E-state index in [9.17, 15) is 14.4 Å². The van der Waals surface area contributed by atoms with Crippen molar-refractivity contribution >= 4 is 22.6 Å². The van der Waals surface area contributed by atoms with Crippen molar-refractivity contribution in [2.45, 2.75) is 19.3 Å². The van der Waals surface area contributed by atoms with Gasteiger partial charge in [-0.25, -0.2) is 9.49 Å². The van der Waals surface area contributed by atoms with Crippen LogP contribution in [0.25, 0.3) is 10.8 Å². The van der Waals surface area contributed by atoms with Crippen molar-refractivity contribution in [2.24, 2.45) is 5.92 Å². The molecule has 0 spiro atoms. The molecule has 2 aliphatic rings. The highest BCUT2D eigenvalue weighted by atomic mass is 19.1. The first-order valence-electron chi connectivity index (χ1n) is 14.0. The van der Waals surface area contributed by atoms with Gasteiger partial charge in [0.15, 0.2) is 0 Å². The van der Waals surface area contributed by atoms with Gasteiger partial charge in [0.05, 0.1) is 27.6 Å². The summed E-state index contributed by atoms with van der Waals surface area (Å²) in [6, 6.07) is 9.79. The van der Waals surface area contributed by atoms with Gasteiger partial charge in [0.2, 0.25) is 5.91 Å². The van der Waals surface area contributed by atoms with Gasteiger partial charge in [0, 0.05) is 43.7 Å². The highest BCUT2D eigenvalue weighted by Crippen LogP contribution is 2.31. The van der Waals surface area contributed by atoms with E-state index in [2.05, 4.69) is 10.2 Å². The monoisotopic (exact) mass is 442 g/mol. The third kappa shape index (κ3) is 3.88. The van der Waals surface area contributed by atoms with E-state index in [1.807, 2.05) is 0 Å². The maximum atomic E-state index is 15.0. The fraction of sp³-hybridized carbons (Fsp3) is 0.333. The van der Waals surface area contributed by atoms with Crippen LogP contribution in [-0.2, 0) is 11.2 Å². The Morgan fingerprint density at radius 3 is 2.47 bits per heavy atom. The van der Waals surface area contributed by atoms with E-state index in [-0.39, 0.29) is 21.8 Å². The van der Waals surface area contributed by atoms with Gasteiger partial charge < -0.3 is 9.80 Å². The predicted molar refractivity (Wildman–Crippen MR) is 117 cm³/mol. The Hall–Kier alpha value is -3.55. The molecule has 0 bridgehead atoms. The van der Waals surface area contributed by atoms with Crippen LogP contribution >= 0.6 is 0 Å². The van der Waals surface area contributed by atoms with Crippen molar-refractivity contribution in [1.29, 1.82) is 0 Å². The van der Waals surface area contributed by atoms with Crippen LogP contribution < -0.4 is 5.56 Å². The number of aromatic nitrogens is 2. The summed E-state index contributed by atoms with van der Waals surface area (Å²) in [7, 11) is 0. The summed E-state index contributed by atoms with van der Waals surface area (Å²) in [5.74, 6) is -4.73. The molecule has 2 fully saturated rings. The number of hydrogen-bond acceptors (Lipinski definition) is 4. The summed E-state index contributed by atoms with van der Waals surface area (Å²) in [5, 5.41) is 7.23. The Morgan fingerprint density at radius 2 is 1.75 bits per heavy atom. The molecule has 3 aromatic rings. The number of carbonyl (C=O) groups excluding carboxylic acids is 2. The number of carbonyl (C=O) groups is 2. The van der Waals surface area contributed by atoms with Gasteiger partial charge >= 0.3 is 0 Å². The van der Waals surface area contributed by atoms with Crippen molar-refractivity contribution < 1.29 is 24.9 Å². The molecule has 164 valence electrons. The first-order valence-corrected chi connectivity index (χ1v) is 9.97. The van der Waals surface area contributed by atoms with Crippen LogP contribution in [0.2, 0.25) is 0 Å². The predicted octanol–water partition coefficient (Wildman–Crippen LogP) is 2.35. The molecule has 7 nitrogen and oxygen atoms in total. The zero-order valence-corrected chi connectivity index (χ0v) is 16.7. The van der Waals surface area contributed by atoms with Crippen LogP contribution in [0.1, 0.15) is 45.4 Å². The molecule has 1 saturated heterocycles. The fourth-order valence-corrected chi connectivity index (χ4v) is 3.45. The second-order valence-electron chi connectivity index (χ2n) is 7.57. The number of nitrogens with zero attached hydrogens (tertiary/aromatic N) is 3. The third-order valence-electron chi connectivity index (χ3n) is 5.31. The summed E-state index contributed by atoms with van der Waals surface area (Å²) in [6.45, 7) is -14.2. The van der Waals surface area contributed by atoms with Crippen LogP contribution in [0.3, 0.4) is 0 Å². The second kappa shape index (κ2) is 8.18. The number of piperazine rings is 1. The summed E-state index contributed by atoms with van der Waals surface area (Å²) in [5.41, 5.74) is -0.635. The van der Waals surface area contributed by atoms with Gasteiger partial charge in [-0.1, -0.05) is 24.3 Å². The molecular formula is C24H23FN4O3. The maximum absolute atomic E-state index is 15.0. The number of halogens is 1. The number of rotatable bonds is 4. The minimum absolute atomic E-state index is 0.0248. The Bertz CT molecular complexity index is 1580. The SMILES string of the molecule is [2H]C1([2H])N(C(=O)c2cc(Cc3n[nH]c(=O)c4ccccc34)ccc2F)C([2H])([2H])C([2H])([2H])N(C(=O)C2CC2)C1([2H])[2H]. The van der Waals surface area contributed by atoms with Crippen molar-refractivity contribution in [1.82, 2.24) is 20.0 Å². The highest BCUT2D eigenvalue weighted by molar-refractivity contribution is 5.95. The number of H-pyrrole nitrogens is 1. The molecule has 2 heterocycles. The molecule has 2 amide bonds. The van der Waals surface area contributed by atoms with Crippen molar-refractivity contribution in [3.05, 3.63) is 75.5 Å². The number of fused-ring (bicyclic) bond motifs is 1. The zero-order valence-electron chi connectivity index (χ0n) is 24.7. The Morgan fingerprint density at radius 1 is 1.06 bits per heavy atom. The van der Waals surface area contributed by atoms with Crippen LogP contribution in [0, 0.1) is 11.7 Å². The Kier molecular flexibility index (Phi) is 3.35. The van der Waals surface area contributed by atoms with E-state index < -0.39 is 60.7 Å². The van der Waals surface area contributed by atoms with Crippen molar-refractivity contribution in [3.8, 4) is 0 Å². The smallest absolute Gasteiger partial charge is 0.272 e. The number of benzene rings is 2. The van der Waals surface area contributed by atoms with Gasteiger partial charge in [0.25, 0.3) is 11.5 Å². The Labute approximate surface area is 195 Å². The lowest BCUT2D eigenvalue weighted by Gasteiger charge is -2.35. The first-order chi connectivity index (χ1) is 18.5. The average molecular weight is 443 g/mol. The molecule has 1 N–H and O–H groups in total. The molecular weight excluding hydrogens is 411 g/mol. The van der Waals surface area contributed by atoms with Gasteiger partial charge in [-0.15, -0.1) is 0 Å².